The number of hydrogen-bond donors (Lipinski definition) is 0. The number of nitrogens with zero attached hydrogens (tertiary/aromatic N) is 1. The molecule has 0 radical (unpaired) electrons. The second-order valence-corrected chi connectivity index (χ2v) is 8.42. The topological polar surface area (TPSA) is 0 Å². The van der Waals surface area contributed by atoms with E-state index in [1.165, 1.54) is 89.0 Å². The van der Waals surface area contributed by atoms with Crippen molar-refractivity contribution in [3.8, 4) is 0 Å². The lowest BCUT2D eigenvalue weighted by Crippen LogP contribution is -2.37. The van der Waals surface area contributed by atoms with E-state index in [1.807, 2.05) is 0 Å². The molecule has 0 aliphatic rings. The number of unbranched alkanes of at least 4 members (excludes halogenated alkanes) is 11. The average molecular weight is 359 g/mol. The predicted octanol–water partition coefficient (Wildman–Crippen LogP) is 8.04. The highest BCUT2D eigenvalue weighted by atomic mass is 15.3. The summed E-state index contributed by atoms with van der Waals surface area (Å²) in [6, 6.07) is 11.5. The first-order chi connectivity index (χ1) is 12.6. The lowest BCUT2D eigenvalue weighted by molar-refractivity contribution is -0.872. The fourth-order valence-electron chi connectivity index (χ4n) is 3.86. The van der Waals surface area contributed by atoms with Gasteiger partial charge in [-0.3, -0.25) is 4.48 Å². The van der Waals surface area contributed by atoms with Gasteiger partial charge in [-0.2, -0.15) is 0 Å². The Morgan fingerprint density at radius 1 is 0.769 bits per heavy atom. The van der Waals surface area contributed by atoms with Crippen LogP contribution in [0.4, 0.5) is 0 Å². The number of quaternary nitrogens is 1. The van der Waals surface area contributed by atoms with Gasteiger partial charge in [-0.05, 0) is 13.0 Å². The summed E-state index contributed by atoms with van der Waals surface area (Å²) < 4.78 is 0.863. The van der Waals surface area contributed by atoms with E-state index in [4.69, 9.17) is 0 Å². The highest BCUT2D eigenvalue weighted by Gasteiger charge is 2.26. The lowest BCUT2D eigenvalue weighted by atomic mass is 9.97. The second-order valence-electron chi connectivity index (χ2n) is 8.42. The Kier molecular flexibility index (Phi) is 12.4. The highest BCUT2D eigenvalue weighted by molar-refractivity contribution is 5.17. The monoisotopic (exact) mass is 358 g/mol. The van der Waals surface area contributed by atoms with E-state index in [9.17, 15) is 0 Å². The molecule has 0 aliphatic carbocycles. The molecule has 1 aromatic carbocycles. The van der Waals surface area contributed by atoms with Gasteiger partial charge in [-0.15, -0.1) is 0 Å². The Morgan fingerprint density at radius 3 is 1.69 bits per heavy atom. The van der Waals surface area contributed by atoms with E-state index in [0.29, 0.717) is 6.04 Å². The Balaban J connectivity index is 2.15. The molecule has 0 aliphatic heterocycles. The predicted molar refractivity (Wildman–Crippen MR) is 117 cm³/mol. The van der Waals surface area contributed by atoms with Crippen LogP contribution < -0.4 is 0 Å². The molecule has 0 amide bonds. The van der Waals surface area contributed by atoms with Crippen molar-refractivity contribution in [3.05, 3.63) is 48.7 Å². The van der Waals surface area contributed by atoms with Crippen molar-refractivity contribution < 1.29 is 4.48 Å². The number of rotatable bonds is 16. The molecule has 0 saturated carbocycles. The zero-order chi connectivity index (χ0) is 19.1. The minimum Gasteiger partial charge on any atom is -0.296 e. The van der Waals surface area contributed by atoms with Crippen LogP contribution in [0.5, 0.6) is 0 Å². The van der Waals surface area contributed by atoms with Crippen LogP contribution in [-0.2, 0) is 0 Å². The van der Waals surface area contributed by atoms with E-state index >= 15 is 0 Å². The molecule has 1 heteroatoms. The van der Waals surface area contributed by atoms with E-state index in [1.54, 1.807) is 0 Å². The summed E-state index contributed by atoms with van der Waals surface area (Å²) in [5, 5.41) is 0. The molecule has 0 fully saturated rings. The summed E-state index contributed by atoms with van der Waals surface area (Å²) >= 11 is 0. The van der Waals surface area contributed by atoms with Gasteiger partial charge < -0.3 is 0 Å². The van der Waals surface area contributed by atoms with Crippen molar-refractivity contribution in [2.24, 2.45) is 0 Å². The van der Waals surface area contributed by atoms with Crippen LogP contribution in [0.2, 0.25) is 0 Å². The fourth-order valence-corrected chi connectivity index (χ4v) is 3.86. The summed E-state index contributed by atoms with van der Waals surface area (Å²) in [5.41, 5.74) is 1.44. The van der Waals surface area contributed by atoms with Crippen LogP contribution >= 0.6 is 0 Å². The van der Waals surface area contributed by atoms with Crippen LogP contribution in [0.3, 0.4) is 0 Å². The van der Waals surface area contributed by atoms with Crippen LogP contribution in [0.15, 0.2) is 43.1 Å². The maximum Gasteiger partial charge on any atom is 0.118 e. The molecule has 1 nitrogen and oxygen atoms in total. The van der Waals surface area contributed by atoms with E-state index in [-0.39, 0.29) is 0 Å². The smallest absolute Gasteiger partial charge is 0.118 e. The van der Waals surface area contributed by atoms with Gasteiger partial charge in [0.15, 0.2) is 0 Å². The first kappa shape index (κ1) is 23.0. The first-order valence-corrected chi connectivity index (χ1v) is 11.1. The molecule has 1 atom stereocenters. The Morgan fingerprint density at radius 2 is 1.23 bits per heavy atom. The van der Waals surface area contributed by atoms with Crippen molar-refractivity contribution >= 4 is 0 Å². The maximum absolute atomic E-state index is 4.06. The molecule has 0 bridgehead atoms. The van der Waals surface area contributed by atoms with Gasteiger partial charge in [0, 0.05) is 12.0 Å². The second kappa shape index (κ2) is 14.0. The van der Waals surface area contributed by atoms with Crippen molar-refractivity contribution in [3.63, 3.8) is 0 Å². The van der Waals surface area contributed by atoms with Crippen molar-refractivity contribution in [1.82, 2.24) is 0 Å². The van der Waals surface area contributed by atoms with Gasteiger partial charge in [0.05, 0.1) is 20.3 Å². The standard InChI is InChI=1S/C25H44N/c1-5-7-8-9-10-11-12-13-14-15-16-20-23-25(26(3,4)6-2)24-21-18-17-19-22-24/h6,17-19,21-22,25H,2,5,7-16,20,23H2,1,3-4H3/q+1. The molecule has 0 saturated heterocycles. The summed E-state index contributed by atoms with van der Waals surface area (Å²) in [7, 11) is 4.54. The largest absolute Gasteiger partial charge is 0.296 e. The van der Waals surface area contributed by atoms with Crippen molar-refractivity contribution in [2.75, 3.05) is 14.1 Å². The lowest BCUT2D eigenvalue weighted by Gasteiger charge is -2.35. The molecule has 148 valence electrons. The zero-order valence-corrected chi connectivity index (χ0v) is 17.9. The van der Waals surface area contributed by atoms with Crippen LogP contribution in [0.1, 0.15) is 102 Å². The van der Waals surface area contributed by atoms with E-state index in [0.717, 1.165) is 4.48 Å². The van der Waals surface area contributed by atoms with Crippen LogP contribution in [0.25, 0.3) is 0 Å². The summed E-state index contributed by atoms with van der Waals surface area (Å²) in [6.07, 6.45) is 20.3. The quantitative estimate of drug-likeness (QED) is 0.207. The van der Waals surface area contributed by atoms with Crippen molar-refractivity contribution in [1.29, 1.82) is 0 Å². The Hall–Kier alpha value is -1.08. The molecule has 1 rings (SSSR count). The summed E-state index contributed by atoms with van der Waals surface area (Å²) in [6.45, 7) is 6.35. The van der Waals surface area contributed by atoms with E-state index < -0.39 is 0 Å². The zero-order valence-electron chi connectivity index (χ0n) is 17.9. The Bertz CT molecular complexity index is 448. The minimum atomic E-state index is 0.525. The molecule has 26 heavy (non-hydrogen) atoms. The molecule has 1 aromatic rings. The molecule has 0 N–H and O–H groups in total. The SMILES string of the molecule is C=C[N+](C)(C)C(CCCCCCCCCCCCCC)c1ccccc1. The third-order valence-corrected chi connectivity index (χ3v) is 5.79. The average Bonchev–Trinajstić information content (AvgIpc) is 2.66. The fraction of sp³-hybridized carbons (Fsp3) is 0.680. The maximum atomic E-state index is 4.06. The first-order valence-electron chi connectivity index (χ1n) is 11.1. The number of benzene rings is 1. The minimum absolute atomic E-state index is 0.525. The molecule has 0 spiro atoms. The Labute approximate surface area is 164 Å². The third kappa shape index (κ3) is 9.57. The number of hydrogen-bond acceptors (Lipinski definition) is 0. The van der Waals surface area contributed by atoms with E-state index in [2.05, 4.69) is 64.1 Å². The highest BCUT2D eigenvalue weighted by Crippen LogP contribution is 2.30. The summed E-state index contributed by atoms with van der Waals surface area (Å²) in [5.74, 6) is 0. The van der Waals surface area contributed by atoms with Gasteiger partial charge in [-0.25, -0.2) is 0 Å². The normalized spacial score (nSPS) is 12.9. The van der Waals surface area contributed by atoms with Gasteiger partial charge in [0.1, 0.15) is 6.04 Å². The van der Waals surface area contributed by atoms with Gasteiger partial charge in [0.25, 0.3) is 0 Å². The molecule has 1 unspecified atom stereocenters. The third-order valence-electron chi connectivity index (χ3n) is 5.79. The summed E-state index contributed by atoms with van der Waals surface area (Å²) in [4.78, 5) is 0. The molecular formula is C25H44N+. The van der Waals surface area contributed by atoms with Gasteiger partial charge >= 0.3 is 0 Å². The molecule has 0 heterocycles. The van der Waals surface area contributed by atoms with Crippen LogP contribution in [-0.4, -0.2) is 18.6 Å². The van der Waals surface area contributed by atoms with Gasteiger partial charge in [0.2, 0.25) is 0 Å². The molecular weight excluding hydrogens is 314 g/mol. The molecule has 0 aromatic heterocycles. The van der Waals surface area contributed by atoms with Crippen molar-refractivity contribution in [2.45, 2.75) is 96.4 Å². The van der Waals surface area contributed by atoms with Gasteiger partial charge in [-0.1, -0.05) is 108 Å². The van der Waals surface area contributed by atoms with Crippen LogP contribution in [0, 0.1) is 0 Å².